The molecule has 1 unspecified atom stereocenters. The van der Waals surface area contributed by atoms with Crippen LogP contribution in [0.4, 0.5) is 5.69 Å². The molecule has 0 amide bonds. The first-order chi connectivity index (χ1) is 7.01. The molecular formula is C11H10ClNO2. The van der Waals surface area contributed by atoms with E-state index < -0.39 is 11.5 Å². The van der Waals surface area contributed by atoms with E-state index in [1.54, 1.807) is 31.2 Å². The maximum Gasteiger partial charge on any atom is 0.333 e. The highest BCUT2D eigenvalue weighted by atomic mass is 35.5. The molecular weight excluding hydrogens is 214 g/mol. The molecule has 2 N–H and O–H groups in total. The van der Waals surface area contributed by atoms with Crippen LogP contribution in [0.3, 0.4) is 0 Å². The lowest BCUT2D eigenvalue weighted by molar-refractivity contribution is -0.140. The highest BCUT2D eigenvalue weighted by Crippen LogP contribution is 2.30. The summed E-state index contributed by atoms with van der Waals surface area (Å²) in [5.41, 5.74) is 0.630. The van der Waals surface area contributed by atoms with Crippen LogP contribution in [0.1, 0.15) is 12.5 Å². The monoisotopic (exact) mass is 223 g/mol. The molecule has 1 heterocycles. The number of carbonyl (C=O) groups is 1. The van der Waals surface area contributed by atoms with Gasteiger partial charge >= 0.3 is 5.97 Å². The zero-order valence-electron chi connectivity index (χ0n) is 8.12. The number of carboxylic acid groups (broad SMARTS) is 1. The molecule has 4 heteroatoms. The molecule has 1 aromatic rings. The topological polar surface area (TPSA) is 49.3 Å². The summed E-state index contributed by atoms with van der Waals surface area (Å²) >= 11 is 5.84. The van der Waals surface area contributed by atoms with E-state index in [4.69, 9.17) is 16.7 Å². The van der Waals surface area contributed by atoms with Gasteiger partial charge in [0.05, 0.1) is 0 Å². The number of fused-ring (bicyclic) bond motifs is 1. The molecule has 0 saturated heterocycles. The number of halogens is 1. The summed E-state index contributed by atoms with van der Waals surface area (Å²) in [4.78, 5) is 11.0. The van der Waals surface area contributed by atoms with E-state index in [1.807, 2.05) is 6.07 Å². The molecule has 1 aromatic carbocycles. The summed E-state index contributed by atoms with van der Waals surface area (Å²) in [7, 11) is 0. The van der Waals surface area contributed by atoms with Crippen molar-refractivity contribution in [1.29, 1.82) is 0 Å². The maximum absolute atomic E-state index is 11.0. The van der Waals surface area contributed by atoms with Gasteiger partial charge in [-0.25, -0.2) is 4.79 Å². The first kappa shape index (κ1) is 10.1. The van der Waals surface area contributed by atoms with E-state index >= 15 is 0 Å². The van der Waals surface area contributed by atoms with Gasteiger partial charge in [0.2, 0.25) is 0 Å². The Kier molecular flexibility index (Phi) is 2.20. The molecule has 78 valence electrons. The van der Waals surface area contributed by atoms with Gasteiger partial charge in [0, 0.05) is 10.7 Å². The fraction of sp³-hybridized carbons (Fsp3) is 0.182. The molecule has 0 aromatic heterocycles. The number of hydrogen-bond donors (Lipinski definition) is 2. The SMILES string of the molecule is CC1(C(=O)O)C=Cc2ccc(Cl)cc2N1. The number of anilines is 1. The Labute approximate surface area is 92.4 Å². The van der Waals surface area contributed by atoms with E-state index in [1.165, 1.54) is 0 Å². The van der Waals surface area contributed by atoms with Crippen molar-refractivity contribution >= 4 is 29.3 Å². The van der Waals surface area contributed by atoms with Gasteiger partial charge in [0.15, 0.2) is 5.54 Å². The Morgan fingerprint density at radius 2 is 2.27 bits per heavy atom. The van der Waals surface area contributed by atoms with Crippen LogP contribution in [0.5, 0.6) is 0 Å². The Hall–Kier alpha value is -1.48. The fourth-order valence-electron chi connectivity index (χ4n) is 1.48. The van der Waals surface area contributed by atoms with E-state index in [0.717, 1.165) is 11.3 Å². The minimum Gasteiger partial charge on any atom is -0.479 e. The van der Waals surface area contributed by atoms with Crippen LogP contribution in [0.2, 0.25) is 5.02 Å². The molecule has 1 atom stereocenters. The van der Waals surface area contributed by atoms with Gasteiger partial charge in [0.1, 0.15) is 0 Å². The van der Waals surface area contributed by atoms with E-state index in [9.17, 15) is 4.79 Å². The van der Waals surface area contributed by atoms with Gasteiger partial charge in [-0.15, -0.1) is 0 Å². The second-order valence-corrected chi connectivity index (χ2v) is 4.13. The van der Waals surface area contributed by atoms with Crippen LogP contribution in [-0.4, -0.2) is 16.6 Å². The summed E-state index contributed by atoms with van der Waals surface area (Å²) in [5, 5.41) is 12.6. The second-order valence-electron chi connectivity index (χ2n) is 3.70. The first-order valence-corrected chi connectivity index (χ1v) is 4.89. The van der Waals surface area contributed by atoms with E-state index in [0.29, 0.717) is 5.02 Å². The smallest absolute Gasteiger partial charge is 0.333 e. The Morgan fingerprint density at radius 3 is 2.93 bits per heavy atom. The Balaban J connectivity index is 2.45. The zero-order chi connectivity index (χ0) is 11.1. The lowest BCUT2D eigenvalue weighted by Gasteiger charge is -2.28. The molecule has 0 spiro atoms. The third-order valence-electron chi connectivity index (χ3n) is 2.45. The summed E-state index contributed by atoms with van der Waals surface area (Å²) in [6, 6.07) is 5.35. The molecule has 1 aliphatic rings. The summed E-state index contributed by atoms with van der Waals surface area (Å²) in [6.45, 7) is 1.61. The van der Waals surface area contributed by atoms with Crippen molar-refractivity contribution < 1.29 is 9.90 Å². The van der Waals surface area contributed by atoms with Gasteiger partial charge in [-0.05, 0) is 30.7 Å². The lowest BCUT2D eigenvalue weighted by atomic mass is 9.95. The number of benzene rings is 1. The van der Waals surface area contributed by atoms with Crippen molar-refractivity contribution in [3.05, 3.63) is 34.9 Å². The van der Waals surface area contributed by atoms with Crippen LogP contribution in [0.25, 0.3) is 6.08 Å². The molecule has 1 aliphatic heterocycles. The summed E-state index contributed by atoms with van der Waals surface area (Å²) in [5.74, 6) is -0.913. The average molecular weight is 224 g/mol. The maximum atomic E-state index is 11.0. The van der Waals surface area contributed by atoms with Crippen LogP contribution in [0, 0.1) is 0 Å². The number of hydrogen-bond acceptors (Lipinski definition) is 2. The highest BCUT2D eigenvalue weighted by Gasteiger charge is 2.32. The molecule has 0 saturated carbocycles. The van der Waals surface area contributed by atoms with Crippen molar-refractivity contribution in [2.24, 2.45) is 0 Å². The van der Waals surface area contributed by atoms with Crippen molar-refractivity contribution in [1.82, 2.24) is 0 Å². The van der Waals surface area contributed by atoms with Gasteiger partial charge in [0.25, 0.3) is 0 Å². The highest BCUT2D eigenvalue weighted by molar-refractivity contribution is 6.31. The number of rotatable bonds is 1. The van der Waals surface area contributed by atoms with Crippen LogP contribution in [0.15, 0.2) is 24.3 Å². The van der Waals surface area contributed by atoms with Crippen LogP contribution < -0.4 is 5.32 Å². The molecule has 15 heavy (non-hydrogen) atoms. The van der Waals surface area contributed by atoms with Gasteiger partial charge in [-0.3, -0.25) is 0 Å². The molecule has 0 aliphatic carbocycles. The normalized spacial score (nSPS) is 23.1. The number of aliphatic carboxylic acids is 1. The van der Waals surface area contributed by atoms with E-state index in [-0.39, 0.29) is 0 Å². The van der Waals surface area contributed by atoms with Gasteiger partial charge < -0.3 is 10.4 Å². The Bertz CT molecular complexity index is 456. The minimum atomic E-state index is -1.06. The zero-order valence-corrected chi connectivity index (χ0v) is 8.88. The van der Waals surface area contributed by atoms with Crippen LogP contribution in [-0.2, 0) is 4.79 Å². The predicted molar refractivity (Wildman–Crippen MR) is 60.1 cm³/mol. The second kappa shape index (κ2) is 3.28. The summed E-state index contributed by atoms with van der Waals surface area (Å²) < 4.78 is 0. The number of carboxylic acids is 1. The first-order valence-electron chi connectivity index (χ1n) is 4.52. The van der Waals surface area contributed by atoms with Crippen molar-refractivity contribution in [3.63, 3.8) is 0 Å². The third kappa shape index (κ3) is 1.70. The molecule has 0 radical (unpaired) electrons. The third-order valence-corrected chi connectivity index (χ3v) is 2.69. The lowest BCUT2D eigenvalue weighted by Crippen LogP contribution is -2.42. The fourth-order valence-corrected chi connectivity index (χ4v) is 1.66. The van der Waals surface area contributed by atoms with Crippen molar-refractivity contribution in [2.45, 2.75) is 12.5 Å². The predicted octanol–water partition coefficient (Wildman–Crippen LogP) is 2.62. The van der Waals surface area contributed by atoms with Crippen LogP contribution >= 0.6 is 11.6 Å². The molecule has 0 bridgehead atoms. The van der Waals surface area contributed by atoms with E-state index in [2.05, 4.69) is 5.32 Å². The largest absolute Gasteiger partial charge is 0.479 e. The standard InChI is InChI=1S/C11H10ClNO2/c1-11(10(14)15)5-4-7-2-3-8(12)6-9(7)13-11/h2-6,13H,1H3,(H,14,15). The molecule has 3 nitrogen and oxygen atoms in total. The minimum absolute atomic E-state index is 0.587. The van der Waals surface area contributed by atoms with Crippen molar-refractivity contribution in [3.8, 4) is 0 Å². The van der Waals surface area contributed by atoms with Crippen molar-refractivity contribution in [2.75, 3.05) is 5.32 Å². The average Bonchev–Trinajstić information content (AvgIpc) is 2.16. The van der Waals surface area contributed by atoms with Gasteiger partial charge in [-0.2, -0.15) is 0 Å². The molecule has 0 fully saturated rings. The summed E-state index contributed by atoms with van der Waals surface area (Å²) in [6.07, 6.45) is 3.42. The van der Waals surface area contributed by atoms with Gasteiger partial charge in [-0.1, -0.05) is 23.7 Å². The Morgan fingerprint density at radius 1 is 1.53 bits per heavy atom. The number of nitrogens with one attached hydrogen (secondary N) is 1. The molecule has 2 rings (SSSR count). The quantitative estimate of drug-likeness (QED) is 0.770.